The van der Waals surface area contributed by atoms with Crippen molar-refractivity contribution in [2.24, 2.45) is 11.7 Å². The Morgan fingerprint density at radius 1 is 1.41 bits per heavy atom. The summed E-state index contributed by atoms with van der Waals surface area (Å²) in [5.41, 5.74) is 4.80. The van der Waals surface area contributed by atoms with E-state index in [-0.39, 0.29) is 22.5 Å². The summed E-state index contributed by atoms with van der Waals surface area (Å²) < 4.78 is 37.9. The summed E-state index contributed by atoms with van der Waals surface area (Å²) in [5, 5.41) is 9.81. The molecule has 0 fully saturated rings. The molecule has 0 spiro atoms. The third-order valence-electron chi connectivity index (χ3n) is 2.55. The molecule has 1 aromatic rings. The van der Waals surface area contributed by atoms with Crippen LogP contribution in [0.2, 0.25) is 0 Å². The molecule has 1 aromatic carbocycles. The maximum Gasteiger partial charge on any atom is 0.417 e. The lowest BCUT2D eigenvalue weighted by molar-refractivity contribution is -0.138. The molecule has 0 amide bonds. The van der Waals surface area contributed by atoms with Crippen molar-refractivity contribution in [3.8, 4) is 0 Å². The van der Waals surface area contributed by atoms with Gasteiger partial charge in [-0.15, -0.1) is 0 Å². The second-order valence-electron chi connectivity index (χ2n) is 3.89. The first-order chi connectivity index (χ1) is 7.77. The van der Waals surface area contributed by atoms with Gasteiger partial charge in [0.1, 0.15) is 0 Å². The zero-order chi connectivity index (χ0) is 13.2. The summed E-state index contributed by atoms with van der Waals surface area (Å²) in [5.74, 6) is -0.294. The van der Waals surface area contributed by atoms with Gasteiger partial charge in [0.2, 0.25) is 0 Å². The van der Waals surface area contributed by atoms with Gasteiger partial charge in [-0.3, -0.25) is 0 Å². The topological polar surface area (TPSA) is 46.2 Å². The van der Waals surface area contributed by atoms with E-state index < -0.39 is 17.8 Å². The smallest absolute Gasteiger partial charge is 0.388 e. The van der Waals surface area contributed by atoms with Gasteiger partial charge in [-0.1, -0.05) is 28.9 Å². The number of halogens is 4. The predicted molar refractivity (Wildman–Crippen MR) is 62.3 cm³/mol. The fraction of sp³-hybridized carbons (Fsp3) is 0.455. The third-order valence-corrected chi connectivity index (χ3v) is 3.24. The standard InChI is InChI=1S/C11H13BrF3NO/c1-6(5-16)10(17)7-2-3-9(12)8(4-7)11(13,14)15/h2-4,6,10,17H,5,16H2,1H3. The highest BCUT2D eigenvalue weighted by molar-refractivity contribution is 9.10. The van der Waals surface area contributed by atoms with E-state index in [0.717, 1.165) is 6.07 Å². The molecule has 0 radical (unpaired) electrons. The van der Waals surface area contributed by atoms with Gasteiger partial charge in [-0.2, -0.15) is 13.2 Å². The monoisotopic (exact) mass is 311 g/mol. The van der Waals surface area contributed by atoms with Crippen LogP contribution in [-0.4, -0.2) is 11.7 Å². The van der Waals surface area contributed by atoms with E-state index in [9.17, 15) is 18.3 Å². The van der Waals surface area contributed by atoms with E-state index >= 15 is 0 Å². The Bertz CT molecular complexity index is 395. The Morgan fingerprint density at radius 2 is 2.00 bits per heavy atom. The van der Waals surface area contributed by atoms with Crippen molar-refractivity contribution in [3.05, 3.63) is 33.8 Å². The first-order valence-electron chi connectivity index (χ1n) is 5.02. The number of hydrogen-bond acceptors (Lipinski definition) is 2. The van der Waals surface area contributed by atoms with E-state index in [2.05, 4.69) is 15.9 Å². The molecule has 2 atom stereocenters. The Balaban J connectivity index is 3.13. The zero-order valence-electron chi connectivity index (χ0n) is 9.13. The molecule has 0 bridgehead atoms. The van der Waals surface area contributed by atoms with Crippen LogP contribution < -0.4 is 5.73 Å². The molecular formula is C11H13BrF3NO. The maximum atomic E-state index is 12.6. The fourth-order valence-electron chi connectivity index (χ4n) is 1.40. The second-order valence-corrected chi connectivity index (χ2v) is 4.75. The van der Waals surface area contributed by atoms with E-state index in [4.69, 9.17) is 5.73 Å². The van der Waals surface area contributed by atoms with Crippen LogP contribution in [0, 0.1) is 5.92 Å². The zero-order valence-corrected chi connectivity index (χ0v) is 10.7. The molecule has 0 heterocycles. The lowest BCUT2D eigenvalue weighted by atomic mass is 9.96. The lowest BCUT2D eigenvalue weighted by Gasteiger charge is -2.19. The van der Waals surface area contributed by atoms with Crippen LogP contribution in [0.3, 0.4) is 0 Å². The van der Waals surface area contributed by atoms with Crippen LogP contribution in [0.25, 0.3) is 0 Å². The highest BCUT2D eigenvalue weighted by Gasteiger charge is 2.33. The highest BCUT2D eigenvalue weighted by Crippen LogP contribution is 2.37. The van der Waals surface area contributed by atoms with E-state index in [1.807, 2.05) is 0 Å². The Kier molecular flexibility index (Phi) is 4.57. The van der Waals surface area contributed by atoms with Crippen molar-refractivity contribution in [2.45, 2.75) is 19.2 Å². The summed E-state index contributed by atoms with van der Waals surface area (Å²) >= 11 is 2.84. The summed E-state index contributed by atoms with van der Waals surface area (Å²) in [7, 11) is 0. The van der Waals surface area contributed by atoms with Gasteiger partial charge in [-0.05, 0) is 30.2 Å². The van der Waals surface area contributed by atoms with Crippen molar-refractivity contribution in [2.75, 3.05) is 6.54 Å². The number of aliphatic hydroxyl groups excluding tert-OH is 1. The predicted octanol–water partition coefficient (Wildman–Crippen LogP) is 3.10. The number of hydrogen-bond donors (Lipinski definition) is 2. The van der Waals surface area contributed by atoms with Gasteiger partial charge in [0.15, 0.2) is 0 Å². The summed E-state index contributed by atoms with van der Waals surface area (Å²) in [6.45, 7) is 1.89. The van der Waals surface area contributed by atoms with Crippen LogP contribution in [0.1, 0.15) is 24.2 Å². The summed E-state index contributed by atoms with van der Waals surface area (Å²) in [4.78, 5) is 0. The minimum atomic E-state index is -4.44. The van der Waals surface area contributed by atoms with E-state index in [1.165, 1.54) is 12.1 Å². The van der Waals surface area contributed by atoms with Crippen molar-refractivity contribution >= 4 is 15.9 Å². The van der Waals surface area contributed by atoms with Gasteiger partial charge < -0.3 is 10.8 Å². The number of benzene rings is 1. The summed E-state index contributed by atoms with van der Waals surface area (Å²) in [6.07, 6.45) is -5.44. The molecule has 2 nitrogen and oxygen atoms in total. The fourth-order valence-corrected chi connectivity index (χ4v) is 1.87. The Hall–Kier alpha value is -0.590. The SMILES string of the molecule is CC(CN)C(O)c1ccc(Br)c(C(F)(F)F)c1. The van der Waals surface area contributed by atoms with Crippen molar-refractivity contribution in [3.63, 3.8) is 0 Å². The molecule has 0 saturated carbocycles. The number of nitrogens with two attached hydrogens (primary N) is 1. The van der Waals surface area contributed by atoms with Crippen LogP contribution in [0.15, 0.2) is 22.7 Å². The van der Waals surface area contributed by atoms with Crippen LogP contribution in [0.4, 0.5) is 13.2 Å². The number of rotatable bonds is 3. The second kappa shape index (κ2) is 5.37. The molecule has 1 rings (SSSR count). The average Bonchev–Trinajstić information content (AvgIpc) is 2.26. The van der Waals surface area contributed by atoms with Gasteiger partial charge >= 0.3 is 6.18 Å². The quantitative estimate of drug-likeness (QED) is 0.901. The number of aliphatic hydroxyl groups is 1. The molecule has 0 aliphatic rings. The molecule has 0 saturated heterocycles. The van der Waals surface area contributed by atoms with E-state index in [0.29, 0.717) is 0 Å². The Morgan fingerprint density at radius 3 is 2.47 bits per heavy atom. The van der Waals surface area contributed by atoms with Crippen molar-refractivity contribution in [1.29, 1.82) is 0 Å². The molecule has 3 N–H and O–H groups in total. The van der Waals surface area contributed by atoms with E-state index in [1.54, 1.807) is 6.92 Å². The maximum absolute atomic E-state index is 12.6. The molecule has 17 heavy (non-hydrogen) atoms. The minimum Gasteiger partial charge on any atom is -0.388 e. The average molecular weight is 312 g/mol. The highest BCUT2D eigenvalue weighted by atomic mass is 79.9. The molecular weight excluding hydrogens is 299 g/mol. The molecule has 96 valence electrons. The van der Waals surface area contributed by atoms with Gasteiger partial charge in [0.25, 0.3) is 0 Å². The minimum absolute atomic E-state index is 0.0404. The first-order valence-corrected chi connectivity index (χ1v) is 5.81. The molecule has 0 aromatic heterocycles. The first kappa shape index (κ1) is 14.5. The van der Waals surface area contributed by atoms with Gasteiger partial charge in [-0.25, -0.2) is 0 Å². The summed E-state index contributed by atoms with van der Waals surface area (Å²) in [6, 6.07) is 3.68. The van der Waals surface area contributed by atoms with Crippen molar-refractivity contribution < 1.29 is 18.3 Å². The lowest BCUT2D eigenvalue weighted by Crippen LogP contribution is -2.19. The van der Waals surface area contributed by atoms with Crippen LogP contribution in [0.5, 0.6) is 0 Å². The molecule has 0 aliphatic carbocycles. The van der Waals surface area contributed by atoms with Crippen LogP contribution in [-0.2, 0) is 6.18 Å². The molecule has 2 unspecified atom stereocenters. The normalized spacial score (nSPS) is 15.7. The van der Waals surface area contributed by atoms with Crippen LogP contribution >= 0.6 is 15.9 Å². The number of alkyl halides is 3. The third kappa shape index (κ3) is 3.43. The largest absolute Gasteiger partial charge is 0.417 e. The molecule has 0 aliphatic heterocycles. The van der Waals surface area contributed by atoms with Gasteiger partial charge in [0, 0.05) is 4.47 Å². The van der Waals surface area contributed by atoms with Crippen molar-refractivity contribution in [1.82, 2.24) is 0 Å². The molecule has 6 heteroatoms. The Labute approximate surface area is 106 Å². The van der Waals surface area contributed by atoms with Gasteiger partial charge in [0.05, 0.1) is 11.7 Å².